The molecule has 4 N–H and O–H groups in total. The normalized spacial score (nSPS) is 22.3. The molecule has 202 valence electrons. The molecular weight excluding hydrogens is 519 g/mol. The van der Waals surface area contributed by atoms with Gasteiger partial charge in [0.05, 0.1) is 41.5 Å². The van der Waals surface area contributed by atoms with E-state index in [4.69, 9.17) is 16.3 Å². The summed E-state index contributed by atoms with van der Waals surface area (Å²) in [5, 5.41) is 19.8. The van der Waals surface area contributed by atoms with E-state index in [2.05, 4.69) is 51.5 Å². The maximum atomic E-state index is 13.7. The first-order valence-electron chi connectivity index (χ1n) is 13.5. The van der Waals surface area contributed by atoms with Crippen LogP contribution in [0.5, 0.6) is 0 Å². The van der Waals surface area contributed by atoms with Crippen molar-refractivity contribution in [2.75, 3.05) is 23.8 Å². The number of halogens is 2. The predicted octanol–water partition coefficient (Wildman–Crippen LogP) is 5.00. The highest BCUT2D eigenvalue weighted by molar-refractivity contribution is 6.35. The maximum Gasteiger partial charge on any atom is 0.212 e. The summed E-state index contributed by atoms with van der Waals surface area (Å²) in [5.41, 5.74) is 9.07. The molecule has 1 saturated heterocycles. The van der Waals surface area contributed by atoms with Gasteiger partial charge < -0.3 is 20.8 Å². The highest BCUT2D eigenvalue weighted by Gasteiger charge is 2.35. The second kappa shape index (κ2) is 10.2. The van der Waals surface area contributed by atoms with E-state index in [1.54, 1.807) is 6.07 Å². The summed E-state index contributed by atoms with van der Waals surface area (Å²) < 4.78 is 29.0. The van der Waals surface area contributed by atoms with Gasteiger partial charge in [-0.05, 0) is 43.0 Å². The molecule has 1 aromatic carbocycles. The molecule has 0 radical (unpaired) electrons. The van der Waals surface area contributed by atoms with Crippen molar-refractivity contribution in [3.05, 3.63) is 70.7 Å². The van der Waals surface area contributed by atoms with Gasteiger partial charge in [-0.25, -0.2) is 4.98 Å². The lowest BCUT2D eigenvalue weighted by molar-refractivity contribution is 0.00350. The van der Waals surface area contributed by atoms with Crippen molar-refractivity contribution < 1.29 is 10.5 Å². The Morgan fingerprint density at radius 2 is 2.13 bits per heavy atom. The van der Waals surface area contributed by atoms with Crippen LogP contribution in [0.15, 0.2) is 48.6 Å². The summed E-state index contributed by atoms with van der Waals surface area (Å²) in [6.45, 7) is 5.49. The Kier molecular flexibility index (Phi) is 6.35. The van der Waals surface area contributed by atoms with Crippen molar-refractivity contribution in [1.82, 2.24) is 25.9 Å². The van der Waals surface area contributed by atoms with Crippen molar-refractivity contribution in [3.8, 4) is 6.07 Å². The molecule has 2 atom stereocenters. The van der Waals surface area contributed by atoms with Crippen molar-refractivity contribution in [2.24, 2.45) is 5.41 Å². The molecule has 0 spiro atoms. The molecule has 2 aliphatic heterocycles. The third-order valence-corrected chi connectivity index (χ3v) is 7.70. The van der Waals surface area contributed by atoms with Gasteiger partial charge in [0.25, 0.3) is 0 Å². The highest BCUT2D eigenvalue weighted by Crippen LogP contribution is 2.38. The molecule has 1 saturated carbocycles. The standard InChI is InChI=1S/C28H30ClFN8O/c1-28(2)15-39-8-7-23(28)35-25-17(11-31)13-33-27-20(25)9-18(10-21(27)29)34-26(16-3-6-24(30)32-12-16)22-14-38(37-36-22)19-4-5-19/h3,6,9-10,12-14,19,23,26,34,36-37H,4-5,7-8,15H2,1-2H3,(H,33,35)/i26D. The zero-order valence-corrected chi connectivity index (χ0v) is 22.4. The Morgan fingerprint density at radius 1 is 1.28 bits per heavy atom. The smallest absolute Gasteiger partial charge is 0.212 e. The van der Waals surface area contributed by atoms with Gasteiger partial charge in [-0.15, -0.1) is 5.53 Å². The van der Waals surface area contributed by atoms with Gasteiger partial charge in [0, 0.05) is 53.8 Å². The summed E-state index contributed by atoms with van der Waals surface area (Å²) in [4.78, 5) is 8.27. The van der Waals surface area contributed by atoms with Gasteiger partial charge in [0.2, 0.25) is 5.95 Å². The molecule has 2 unspecified atom stereocenters. The van der Waals surface area contributed by atoms with E-state index >= 15 is 0 Å². The molecule has 3 aromatic rings. The van der Waals surface area contributed by atoms with Crippen LogP contribution in [0.3, 0.4) is 0 Å². The number of anilines is 2. The fraction of sp³-hybridized carbons (Fsp3) is 0.393. The number of nitriles is 1. The fourth-order valence-electron chi connectivity index (χ4n) is 5.01. The zero-order valence-electron chi connectivity index (χ0n) is 22.7. The topological polar surface area (TPSA) is 110 Å². The van der Waals surface area contributed by atoms with E-state index in [9.17, 15) is 11.0 Å². The largest absolute Gasteiger partial charge is 0.381 e. The number of hydrazine groups is 2. The SMILES string of the molecule is [2H]C(Nc1cc(Cl)c2ncc(C#N)c(NC3CCOCC3(C)C)c2c1)(C1=CN(C2CC2)NN1)c1ccc(F)nc1. The lowest BCUT2D eigenvalue weighted by atomic mass is 9.81. The van der Waals surface area contributed by atoms with Gasteiger partial charge in [0.15, 0.2) is 0 Å². The first-order chi connectivity index (χ1) is 19.2. The van der Waals surface area contributed by atoms with Crippen LogP contribution in [0, 0.1) is 22.7 Å². The molecule has 3 aliphatic rings. The van der Waals surface area contributed by atoms with Crippen LogP contribution in [0.4, 0.5) is 15.8 Å². The number of ether oxygens (including phenoxy) is 1. The summed E-state index contributed by atoms with van der Waals surface area (Å²) in [7, 11) is 0. The summed E-state index contributed by atoms with van der Waals surface area (Å²) in [5.74, 6) is -0.632. The second-order valence-electron chi connectivity index (χ2n) is 10.8. The van der Waals surface area contributed by atoms with Crippen LogP contribution in [0.1, 0.15) is 51.6 Å². The molecule has 2 aromatic heterocycles. The molecule has 1 aliphatic carbocycles. The molecule has 11 heteroatoms. The minimum Gasteiger partial charge on any atom is -0.381 e. The number of nitrogens with zero attached hydrogens (tertiary/aromatic N) is 4. The van der Waals surface area contributed by atoms with Crippen LogP contribution in [-0.4, -0.2) is 40.3 Å². The summed E-state index contributed by atoms with van der Waals surface area (Å²) in [6, 6.07) is 7.39. The van der Waals surface area contributed by atoms with E-state index in [0.29, 0.717) is 63.4 Å². The number of rotatable bonds is 7. The average Bonchev–Trinajstić information content (AvgIpc) is 3.65. The number of nitrogens with one attached hydrogen (secondary N) is 4. The van der Waals surface area contributed by atoms with E-state index in [1.807, 2.05) is 17.3 Å². The zero-order chi connectivity index (χ0) is 28.1. The number of aromatic nitrogens is 2. The molecular formula is C28H30ClFN8O. The highest BCUT2D eigenvalue weighted by atomic mass is 35.5. The average molecular weight is 550 g/mol. The molecule has 0 bridgehead atoms. The lowest BCUT2D eigenvalue weighted by Gasteiger charge is -2.39. The Hall–Kier alpha value is -3.65. The van der Waals surface area contributed by atoms with E-state index in [0.717, 1.165) is 19.3 Å². The van der Waals surface area contributed by atoms with E-state index in [1.165, 1.54) is 24.5 Å². The van der Waals surface area contributed by atoms with Gasteiger partial charge in [-0.1, -0.05) is 31.5 Å². The van der Waals surface area contributed by atoms with Crippen molar-refractivity contribution in [3.63, 3.8) is 0 Å². The fourth-order valence-corrected chi connectivity index (χ4v) is 5.28. The third-order valence-electron chi connectivity index (χ3n) is 7.41. The molecule has 9 nitrogen and oxygen atoms in total. The van der Waals surface area contributed by atoms with Gasteiger partial charge in [0.1, 0.15) is 6.07 Å². The first kappa shape index (κ1) is 24.4. The molecule has 6 rings (SSSR count). The van der Waals surface area contributed by atoms with Crippen LogP contribution in [-0.2, 0) is 4.74 Å². The van der Waals surface area contributed by atoms with Crippen LogP contribution >= 0.6 is 11.6 Å². The quantitative estimate of drug-likeness (QED) is 0.302. The Labute approximate surface area is 232 Å². The molecule has 2 fully saturated rings. The van der Waals surface area contributed by atoms with E-state index in [-0.39, 0.29) is 11.5 Å². The number of benzene rings is 1. The lowest BCUT2D eigenvalue weighted by Crippen LogP contribution is -2.44. The maximum absolute atomic E-state index is 13.7. The Balaban J connectivity index is 1.43. The number of hydrogen-bond donors (Lipinski definition) is 4. The Morgan fingerprint density at radius 3 is 2.85 bits per heavy atom. The third kappa shape index (κ3) is 5.17. The minimum absolute atomic E-state index is 0.0576. The molecule has 39 heavy (non-hydrogen) atoms. The van der Waals surface area contributed by atoms with Crippen LogP contribution < -0.4 is 21.6 Å². The van der Waals surface area contributed by atoms with Crippen molar-refractivity contribution in [2.45, 2.75) is 51.2 Å². The van der Waals surface area contributed by atoms with Gasteiger partial charge in [-0.3, -0.25) is 9.99 Å². The Bertz CT molecular complexity index is 1520. The number of hydrogen-bond acceptors (Lipinski definition) is 9. The molecule has 4 heterocycles. The monoisotopic (exact) mass is 549 g/mol. The van der Waals surface area contributed by atoms with E-state index < -0.39 is 12.0 Å². The second-order valence-corrected chi connectivity index (χ2v) is 11.2. The minimum atomic E-state index is -1.58. The first-order valence-corrected chi connectivity index (χ1v) is 13.3. The van der Waals surface area contributed by atoms with Gasteiger partial charge >= 0.3 is 0 Å². The summed E-state index contributed by atoms with van der Waals surface area (Å²) >= 11 is 6.75. The van der Waals surface area contributed by atoms with Crippen molar-refractivity contribution in [1.29, 1.82) is 5.26 Å². The summed E-state index contributed by atoms with van der Waals surface area (Å²) in [6.07, 6.45) is 7.62. The van der Waals surface area contributed by atoms with Crippen LogP contribution in [0.25, 0.3) is 10.9 Å². The van der Waals surface area contributed by atoms with Crippen molar-refractivity contribution >= 4 is 33.9 Å². The van der Waals surface area contributed by atoms with Crippen LogP contribution in [0.2, 0.25) is 5.02 Å². The number of pyridine rings is 2. The van der Waals surface area contributed by atoms with Gasteiger partial charge in [-0.2, -0.15) is 9.65 Å². The number of fused-ring (bicyclic) bond motifs is 1. The predicted molar refractivity (Wildman–Crippen MR) is 148 cm³/mol. The molecule has 0 amide bonds.